The summed E-state index contributed by atoms with van der Waals surface area (Å²) in [5.41, 5.74) is 5.04. The minimum absolute atomic E-state index is 0.0429. The molecular formula is C24H28ClN3O2. The van der Waals surface area contributed by atoms with E-state index in [0.29, 0.717) is 6.42 Å². The van der Waals surface area contributed by atoms with Gasteiger partial charge in [-0.25, -0.2) is 0 Å². The van der Waals surface area contributed by atoms with Crippen molar-refractivity contribution in [3.8, 4) is 5.75 Å². The van der Waals surface area contributed by atoms with E-state index in [1.807, 2.05) is 18.2 Å². The van der Waals surface area contributed by atoms with Crippen molar-refractivity contribution in [2.45, 2.75) is 31.8 Å². The monoisotopic (exact) mass is 425 g/mol. The maximum Gasteiger partial charge on any atom is 0.220 e. The summed E-state index contributed by atoms with van der Waals surface area (Å²) in [5, 5.41) is 4.78. The molecule has 1 atom stereocenters. The van der Waals surface area contributed by atoms with Crippen molar-refractivity contribution < 1.29 is 9.53 Å². The number of nitrogens with zero attached hydrogens (tertiary/aromatic N) is 2. The van der Waals surface area contributed by atoms with Crippen molar-refractivity contribution in [3.63, 3.8) is 0 Å². The molecule has 0 saturated carbocycles. The fourth-order valence-corrected chi connectivity index (χ4v) is 4.64. The number of nitrogens with one attached hydrogen (secondary N) is 1. The predicted molar refractivity (Wildman–Crippen MR) is 121 cm³/mol. The van der Waals surface area contributed by atoms with Crippen LogP contribution in [0.15, 0.2) is 42.5 Å². The summed E-state index contributed by atoms with van der Waals surface area (Å²) in [6.07, 6.45) is 1.44. The van der Waals surface area contributed by atoms with Gasteiger partial charge in [0.1, 0.15) is 5.75 Å². The maximum atomic E-state index is 12.3. The molecule has 1 aliphatic heterocycles. The van der Waals surface area contributed by atoms with Gasteiger partial charge in [-0.1, -0.05) is 23.7 Å². The summed E-state index contributed by atoms with van der Waals surface area (Å²) in [7, 11) is 5.51. The number of halogens is 1. The van der Waals surface area contributed by atoms with Gasteiger partial charge in [0, 0.05) is 60.6 Å². The molecule has 3 aromatic rings. The van der Waals surface area contributed by atoms with Gasteiger partial charge in [-0.15, -0.1) is 0 Å². The molecule has 0 saturated heterocycles. The van der Waals surface area contributed by atoms with Gasteiger partial charge in [0.05, 0.1) is 7.11 Å². The van der Waals surface area contributed by atoms with Crippen LogP contribution in [0.4, 0.5) is 0 Å². The molecule has 0 bridgehead atoms. The number of fused-ring (bicyclic) bond motifs is 3. The second-order valence-corrected chi connectivity index (χ2v) is 8.47. The Labute approximate surface area is 182 Å². The summed E-state index contributed by atoms with van der Waals surface area (Å²) in [6.45, 7) is 2.68. The van der Waals surface area contributed by atoms with E-state index in [4.69, 9.17) is 16.3 Å². The lowest BCUT2D eigenvalue weighted by Crippen LogP contribution is -2.29. The Balaban J connectivity index is 1.78. The number of carbonyl (C=O) groups excluding carboxylic acids is 1. The zero-order valence-corrected chi connectivity index (χ0v) is 18.5. The molecule has 158 valence electrons. The second-order valence-electron chi connectivity index (χ2n) is 8.03. The van der Waals surface area contributed by atoms with Crippen molar-refractivity contribution in [2.24, 2.45) is 0 Å². The van der Waals surface area contributed by atoms with Crippen molar-refractivity contribution in [1.82, 2.24) is 14.8 Å². The molecule has 1 N–H and O–H groups in total. The molecule has 6 heteroatoms. The first-order valence-corrected chi connectivity index (χ1v) is 10.7. The third-order valence-electron chi connectivity index (χ3n) is 6.11. The van der Waals surface area contributed by atoms with E-state index in [-0.39, 0.29) is 11.8 Å². The third-order valence-corrected chi connectivity index (χ3v) is 6.35. The molecule has 4 rings (SSSR count). The highest BCUT2D eigenvalue weighted by atomic mass is 35.5. The highest BCUT2D eigenvalue weighted by Crippen LogP contribution is 2.35. The fraction of sp³-hybridized carbons (Fsp3) is 0.375. The topological polar surface area (TPSA) is 46.5 Å². The zero-order chi connectivity index (χ0) is 21.3. The SMILES string of the molecule is CNC(=O)CC(Cn1c2c(c3cc(Cl)ccc31)CCN(C)C2)c1ccc(OC)cc1. The minimum Gasteiger partial charge on any atom is -0.497 e. The number of rotatable bonds is 6. The molecular weight excluding hydrogens is 398 g/mol. The molecule has 1 unspecified atom stereocenters. The number of ether oxygens (including phenoxy) is 1. The van der Waals surface area contributed by atoms with Crippen LogP contribution in [0.25, 0.3) is 10.9 Å². The Morgan fingerprint density at radius 2 is 2.00 bits per heavy atom. The molecule has 1 aromatic heterocycles. The quantitative estimate of drug-likeness (QED) is 0.643. The number of amides is 1. The highest BCUT2D eigenvalue weighted by molar-refractivity contribution is 6.31. The first-order chi connectivity index (χ1) is 14.5. The standard InChI is InChI=1S/C24H28ClN3O2/c1-26-24(29)12-17(16-4-7-19(30-3)8-5-16)14-28-22-9-6-18(25)13-21(22)20-10-11-27(2)15-23(20)28/h4-9,13,17H,10-12,14-15H2,1-3H3,(H,26,29). The van der Waals surface area contributed by atoms with Crippen LogP contribution >= 0.6 is 11.6 Å². The van der Waals surface area contributed by atoms with E-state index < -0.39 is 0 Å². The molecule has 0 fully saturated rings. The Morgan fingerprint density at radius 1 is 1.23 bits per heavy atom. The van der Waals surface area contributed by atoms with E-state index in [1.54, 1.807) is 14.2 Å². The Hall–Kier alpha value is -2.50. The first-order valence-electron chi connectivity index (χ1n) is 10.3. The van der Waals surface area contributed by atoms with Crippen molar-refractivity contribution >= 4 is 28.4 Å². The van der Waals surface area contributed by atoms with Gasteiger partial charge < -0.3 is 19.5 Å². The Kier molecular flexibility index (Phi) is 6.02. The van der Waals surface area contributed by atoms with Crippen LogP contribution in [0.2, 0.25) is 5.02 Å². The van der Waals surface area contributed by atoms with E-state index in [9.17, 15) is 4.79 Å². The zero-order valence-electron chi connectivity index (χ0n) is 17.7. The molecule has 0 aliphatic carbocycles. The number of hydrogen-bond acceptors (Lipinski definition) is 3. The van der Waals surface area contributed by atoms with Gasteiger partial charge >= 0.3 is 0 Å². The van der Waals surface area contributed by atoms with E-state index in [0.717, 1.165) is 42.4 Å². The Morgan fingerprint density at radius 3 is 2.70 bits per heavy atom. The predicted octanol–water partition coefficient (Wildman–Crippen LogP) is 4.21. The number of benzene rings is 2. The number of methoxy groups -OCH3 is 1. The van der Waals surface area contributed by atoms with Crippen molar-refractivity contribution in [3.05, 3.63) is 64.3 Å². The molecule has 5 nitrogen and oxygen atoms in total. The minimum atomic E-state index is 0.0429. The second kappa shape index (κ2) is 8.70. The lowest BCUT2D eigenvalue weighted by Gasteiger charge is -2.26. The average molecular weight is 426 g/mol. The lowest BCUT2D eigenvalue weighted by atomic mass is 9.94. The van der Waals surface area contributed by atoms with Gasteiger partial charge in [0.15, 0.2) is 0 Å². The van der Waals surface area contributed by atoms with Gasteiger partial charge in [-0.05, 0) is 54.9 Å². The van der Waals surface area contributed by atoms with E-state index in [1.165, 1.54) is 22.2 Å². The fourth-order valence-electron chi connectivity index (χ4n) is 4.46. The number of likely N-dealkylation sites (N-methyl/N-ethyl adjacent to an activating group) is 1. The van der Waals surface area contributed by atoms with Crippen molar-refractivity contribution in [2.75, 3.05) is 27.7 Å². The molecule has 1 aliphatic rings. The Bertz CT molecular complexity index is 1060. The van der Waals surface area contributed by atoms with Crippen LogP contribution in [-0.4, -0.2) is 43.1 Å². The van der Waals surface area contributed by atoms with E-state index in [2.05, 4.69) is 46.1 Å². The van der Waals surface area contributed by atoms with Crippen LogP contribution in [0.3, 0.4) is 0 Å². The summed E-state index contributed by atoms with van der Waals surface area (Å²) in [4.78, 5) is 14.7. The van der Waals surface area contributed by atoms with Gasteiger partial charge in [-0.2, -0.15) is 0 Å². The van der Waals surface area contributed by atoms with Crippen LogP contribution in [-0.2, 0) is 24.3 Å². The van der Waals surface area contributed by atoms with Gasteiger partial charge in [-0.3, -0.25) is 4.79 Å². The molecule has 0 spiro atoms. The summed E-state index contributed by atoms with van der Waals surface area (Å²) in [6, 6.07) is 14.2. The number of carbonyl (C=O) groups is 1. The van der Waals surface area contributed by atoms with E-state index >= 15 is 0 Å². The van der Waals surface area contributed by atoms with Crippen LogP contribution in [0.1, 0.15) is 29.2 Å². The summed E-state index contributed by atoms with van der Waals surface area (Å²) >= 11 is 6.33. The smallest absolute Gasteiger partial charge is 0.220 e. The summed E-state index contributed by atoms with van der Waals surface area (Å²) in [5.74, 6) is 0.914. The highest BCUT2D eigenvalue weighted by Gasteiger charge is 2.25. The van der Waals surface area contributed by atoms with Gasteiger partial charge in [0.25, 0.3) is 0 Å². The lowest BCUT2D eigenvalue weighted by molar-refractivity contribution is -0.121. The normalized spacial score (nSPS) is 15.1. The molecule has 2 heterocycles. The van der Waals surface area contributed by atoms with Crippen LogP contribution < -0.4 is 10.1 Å². The van der Waals surface area contributed by atoms with Crippen LogP contribution in [0.5, 0.6) is 5.75 Å². The third kappa shape index (κ3) is 4.05. The number of hydrogen-bond donors (Lipinski definition) is 1. The number of aromatic nitrogens is 1. The van der Waals surface area contributed by atoms with Crippen LogP contribution in [0, 0.1) is 0 Å². The molecule has 0 radical (unpaired) electrons. The largest absolute Gasteiger partial charge is 0.497 e. The van der Waals surface area contributed by atoms with Gasteiger partial charge in [0.2, 0.25) is 5.91 Å². The molecule has 2 aromatic carbocycles. The maximum absolute atomic E-state index is 12.3. The average Bonchev–Trinajstić information content (AvgIpc) is 3.05. The first kappa shape index (κ1) is 20.8. The summed E-state index contributed by atoms with van der Waals surface area (Å²) < 4.78 is 7.71. The molecule has 30 heavy (non-hydrogen) atoms. The molecule has 1 amide bonds. The van der Waals surface area contributed by atoms with Crippen molar-refractivity contribution in [1.29, 1.82) is 0 Å².